The highest BCUT2D eigenvalue weighted by Crippen LogP contribution is 2.43. The maximum absolute atomic E-state index is 13.1. The summed E-state index contributed by atoms with van der Waals surface area (Å²) in [5, 5.41) is 0. The Morgan fingerprint density at radius 2 is 1.39 bits per heavy atom. The Hall–Kier alpha value is -4.28. The van der Waals surface area contributed by atoms with Crippen LogP contribution in [0.3, 0.4) is 0 Å². The summed E-state index contributed by atoms with van der Waals surface area (Å²) >= 11 is 0. The minimum atomic E-state index is -1.66. The van der Waals surface area contributed by atoms with Gasteiger partial charge in [-0.2, -0.15) is 0 Å². The topological polar surface area (TPSA) is 133 Å². The van der Waals surface area contributed by atoms with Gasteiger partial charge in [-0.25, -0.2) is 4.79 Å². The van der Waals surface area contributed by atoms with Crippen molar-refractivity contribution >= 4 is 23.9 Å². The Balaban J connectivity index is 2.02. The van der Waals surface area contributed by atoms with Crippen molar-refractivity contribution < 1.29 is 52.3 Å². The molecule has 2 atom stereocenters. The maximum atomic E-state index is 13.1. The summed E-state index contributed by atoms with van der Waals surface area (Å²) in [6.07, 6.45) is 0.210. The van der Waals surface area contributed by atoms with E-state index in [2.05, 4.69) is 0 Å². The van der Waals surface area contributed by atoms with Crippen LogP contribution in [0.1, 0.15) is 31.9 Å². The van der Waals surface area contributed by atoms with Crippen molar-refractivity contribution in [2.75, 3.05) is 27.9 Å². The maximum Gasteiger partial charge on any atom is 0.351 e. The van der Waals surface area contributed by atoms with Gasteiger partial charge in [0, 0.05) is 33.1 Å². The normalized spacial score (nSPS) is 18.3. The van der Waals surface area contributed by atoms with Crippen LogP contribution in [0.5, 0.6) is 28.7 Å². The summed E-state index contributed by atoms with van der Waals surface area (Å²) in [5.41, 5.74) is -0.410. The zero-order valence-corrected chi connectivity index (χ0v) is 22.1. The summed E-state index contributed by atoms with van der Waals surface area (Å²) < 4.78 is 37.6. The standard InChI is InChI=1S/C27H30O11/c1-15(28)36-21-8-7-18(10-22(21)32-4)9-20-14-35-26(31)27(20,38-17(3)30)13-19-11-23(33-5)25(37-16(2)29)24(12-19)34-6/h7-8,10-12,20H,9,13-14H2,1-6H3. The highest BCUT2D eigenvalue weighted by Gasteiger charge is 2.55. The Labute approximate surface area is 219 Å². The first kappa shape index (κ1) is 28.3. The van der Waals surface area contributed by atoms with Crippen LogP contribution >= 0.6 is 0 Å². The molecule has 0 saturated carbocycles. The number of hydrogen-bond donors (Lipinski definition) is 0. The Morgan fingerprint density at radius 3 is 1.92 bits per heavy atom. The average Bonchev–Trinajstić information content (AvgIpc) is 3.13. The number of esters is 4. The largest absolute Gasteiger partial charge is 0.493 e. The van der Waals surface area contributed by atoms with E-state index < -0.39 is 35.4 Å². The van der Waals surface area contributed by atoms with E-state index in [-0.39, 0.29) is 42.4 Å². The molecule has 1 aliphatic heterocycles. The second-order valence-electron chi connectivity index (χ2n) is 8.66. The van der Waals surface area contributed by atoms with Crippen LogP contribution in [-0.4, -0.2) is 57.4 Å². The first-order valence-electron chi connectivity index (χ1n) is 11.7. The van der Waals surface area contributed by atoms with E-state index in [0.29, 0.717) is 11.3 Å². The lowest BCUT2D eigenvalue weighted by Gasteiger charge is -2.31. The molecule has 0 N–H and O–H groups in total. The zero-order chi connectivity index (χ0) is 28.0. The smallest absolute Gasteiger partial charge is 0.351 e. The van der Waals surface area contributed by atoms with E-state index in [1.54, 1.807) is 30.3 Å². The molecule has 204 valence electrons. The molecule has 3 rings (SSSR count). The van der Waals surface area contributed by atoms with Gasteiger partial charge in [0.2, 0.25) is 11.4 Å². The third kappa shape index (κ3) is 6.16. The number of cyclic esters (lactones) is 1. The zero-order valence-electron chi connectivity index (χ0n) is 22.1. The number of rotatable bonds is 10. The molecule has 1 fully saturated rings. The lowest BCUT2D eigenvalue weighted by molar-refractivity contribution is -0.174. The molecular weight excluding hydrogens is 500 g/mol. The van der Waals surface area contributed by atoms with Crippen LogP contribution in [0.2, 0.25) is 0 Å². The van der Waals surface area contributed by atoms with Gasteiger partial charge < -0.3 is 33.2 Å². The molecule has 1 heterocycles. The fourth-order valence-corrected chi connectivity index (χ4v) is 4.40. The monoisotopic (exact) mass is 530 g/mol. The number of carbonyl (C=O) groups is 4. The molecule has 0 aromatic heterocycles. The Morgan fingerprint density at radius 1 is 0.816 bits per heavy atom. The summed E-state index contributed by atoms with van der Waals surface area (Å²) in [7, 11) is 4.23. The highest BCUT2D eigenvalue weighted by molar-refractivity contribution is 5.86. The lowest BCUT2D eigenvalue weighted by atomic mass is 9.80. The molecule has 11 heteroatoms. The van der Waals surface area contributed by atoms with Gasteiger partial charge in [-0.05, 0) is 41.8 Å². The molecule has 11 nitrogen and oxygen atoms in total. The third-order valence-electron chi connectivity index (χ3n) is 5.94. The fourth-order valence-electron chi connectivity index (χ4n) is 4.40. The van der Waals surface area contributed by atoms with Crippen LogP contribution in [0.25, 0.3) is 0 Å². The lowest BCUT2D eigenvalue weighted by Crippen LogP contribution is -2.48. The van der Waals surface area contributed by atoms with Crippen molar-refractivity contribution in [1.29, 1.82) is 0 Å². The van der Waals surface area contributed by atoms with Crippen LogP contribution in [0.4, 0.5) is 0 Å². The SMILES string of the molecule is COc1cc(CC2COC(=O)C2(Cc2cc(OC)c(OC(C)=O)c(OC)c2)OC(C)=O)ccc1OC(C)=O. The van der Waals surface area contributed by atoms with Gasteiger partial charge in [0.1, 0.15) is 0 Å². The van der Waals surface area contributed by atoms with E-state index in [9.17, 15) is 19.2 Å². The average molecular weight is 531 g/mol. The molecule has 0 aliphatic carbocycles. The van der Waals surface area contributed by atoms with Gasteiger partial charge in [-0.1, -0.05) is 6.07 Å². The van der Waals surface area contributed by atoms with Crippen LogP contribution in [-0.2, 0) is 41.5 Å². The number of carbonyl (C=O) groups excluding carboxylic acids is 4. The summed E-state index contributed by atoms with van der Waals surface area (Å²) in [4.78, 5) is 48.3. The number of benzene rings is 2. The van der Waals surface area contributed by atoms with Gasteiger partial charge in [0.25, 0.3) is 0 Å². The quantitative estimate of drug-likeness (QED) is 0.332. The first-order chi connectivity index (χ1) is 18.0. The molecule has 0 radical (unpaired) electrons. The van der Waals surface area contributed by atoms with E-state index in [1.807, 2.05) is 0 Å². The second-order valence-corrected chi connectivity index (χ2v) is 8.66. The molecule has 1 aliphatic rings. The Bertz CT molecular complexity index is 1210. The summed E-state index contributed by atoms with van der Waals surface area (Å²) in [6, 6.07) is 8.14. The molecule has 2 aromatic rings. The summed E-state index contributed by atoms with van der Waals surface area (Å²) in [6.45, 7) is 3.74. The number of ether oxygens (including phenoxy) is 7. The Kier molecular flexibility index (Phi) is 8.82. The second kappa shape index (κ2) is 11.8. The molecular formula is C27H30O11. The molecule has 2 unspecified atom stereocenters. The molecule has 0 bridgehead atoms. The van der Waals surface area contributed by atoms with Gasteiger partial charge in [-0.3, -0.25) is 14.4 Å². The predicted octanol–water partition coefficient (Wildman–Crippen LogP) is 2.82. The molecule has 2 aromatic carbocycles. The molecule has 38 heavy (non-hydrogen) atoms. The van der Waals surface area contributed by atoms with Crippen LogP contribution in [0, 0.1) is 5.92 Å². The van der Waals surface area contributed by atoms with Crippen molar-refractivity contribution in [3.05, 3.63) is 41.5 Å². The minimum Gasteiger partial charge on any atom is -0.493 e. The molecule has 0 spiro atoms. The number of methoxy groups -OCH3 is 3. The van der Waals surface area contributed by atoms with Gasteiger partial charge in [0.05, 0.1) is 27.9 Å². The minimum absolute atomic E-state index is 0.0000722. The van der Waals surface area contributed by atoms with Crippen LogP contribution in [0.15, 0.2) is 30.3 Å². The van der Waals surface area contributed by atoms with Gasteiger partial charge in [0.15, 0.2) is 23.0 Å². The van der Waals surface area contributed by atoms with E-state index in [1.165, 1.54) is 42.1 Å². The van der Waals surface area contributed by atoms with Crippen LogP contribution < -0.4 is 23.7 Å². The first-order valence-corrected chi connectivity index (χ1v) is 11.7. The van der Waals surface area contributed by atoms with Gasteiger partial charge in [-0.15, -0.1) is 0 Å². The van der Waals surface area contributed by atoms with Crippen molar-refractivity contribution in [3.8, 4) is 28.7 Å². The highest BCUT2D eigenvalue weighted by atomic mass is 16.6. The van der Waals surface area contributed by atoms with E-state index in [4.69, 9.17) is 33.2 Å². The molecule has 1 saturated heterocycles. The van der Waals surface area contributed by atoms with Crippen molar-refractivity contribution in [1.82, 2.24) is 0 Å². The number of hydrogen-bond acceptors (Lipinski definition) is 11. The third-order valence-corrected chi connectivity index (χ3v) is 5.94. The van der Waals surface area contributed by atoms with Crippen molar-refractivity contribution in [2.45, 2.75) is 39.2 Å². The van der Waals surface area contributed by atoms with Crippen molar-refractivity contribution in [3.63, 3.8) is 0 Å². The predicted molar refractivity (Wildman–Crippen MR) is 132 cm³/mol. The van der Waals surface area contributed by atoms with Gasteiger partial charge >= 0.3 is 23.9 Å². The summed E-state index contributed by atoms with van der Waals surface area (Å²) in [5.74, 6) is -1.94. The van der Waals surface area contributed by atoms with Crippen molar-refractivity contribution in [2.24, 2.45) is 5.92 Å². The van der Waals surface area contributed by atoms with E-state index in [0.717, 1.165) is 5.56 Å². The molecule has 0 amide bonds. The van der Waals surface area contributed by atoms with E-state index >= 15 is 0 Å². The fraction of sp³-hybridized carbons (Fsp3) is 0.407.